The van der Waals surface area contributed by atoms with E-state index in [2.05, 4.69) is 41.6 Å². The van der Waals surface area contributed by atoms with E-state index in [1.807, 2.05) is 52.9 Å². The number of para-hydroxylation sites is 2. The van der Waals surface area contributed by atoms with Crippen molar-refractivity contribution in [1.82, 2.24) is 19.7 Å². The van der Waals surface area contributed by atoms with Crippen molar-refractivity contribution in [2.24, 2.45) is 0 Å². The molecule has 1 unspecified atom stereocenters. The van der Waals surface area contributed by atoms with Crippen LogP contribution in [-0.2, 0) is 6.54 Å². The number of amides is 1. The van der Waals surface area contributed by atoms with E-state index in [1.54, 1.807) is 0 Å². The van der Waals surface area contributed by atoms with Gasteiger partial charge < -0.3 is 15.2 Å². The maximum Gasteiger partial charge on any atom is 0.251 e. The lowest BCUT2D eigenvalue weighted by Gasteiger charge is -2.14. The number of carbonyl (C=O) groups is 1. The highest BCUT2D eigenvalue weighted by molar-refractivity contribution is 7.71. The molecule has 0 aliphatic rings. The molecule has 1 amide bonds. The number of hydrogen-bond acceptors (Lipinski definition) is 3. The van der Waals surface area contributed by atoms with Crippen molar-refractivity contribution in [1.29, 1.82) is 0 Å². The zero-order valence-electron chi connectivity index (χ0n) is 18.5. The first-order chi connectivity index (χ1) is 16.1. The van der Waals surface area contributed by atoms with Crippen LogP contribution in [-0.4, -0.2) is 40.4 Å². The Bertz CT molecular complexity index is 1510. The van der Waals surface area contributed by atoms with Gasteiger partial charge in [0.25, 0.3) is 5.91 Å². The Morgan fingerprint density at radius 1 is 1.09 bits per heavy atom. The molecule has 5 rings (SSSR count). The molecule has 33 heavy (non-hydrogen) atoms. The number of hydrogen-bond donors (Lipinski definition) is 3. The zero-order valence-corrected chi connectivity index (χ0v) is 19.3. The average Bonchev–Trinajstić information content (AvgIpc) is 3.22. The molecule has 0 aliphatic carbocycles. The molecular weight excluding hydrogens is 430 g/mol. The van der Waals surface area contributed by atoms with Crippen molar-refractivity contribution in [3.8, 4) is 0 Å². The van der Waals surface area contributed by atoms with Crippen LogP contribution >= 0.6 is 12.2 Å². The van der Waals surface area contributed by atoms with Crippen LogP contribution in [0, 0.1) is 4.77 Å². The van der Waals surface area contributed by atoms with E-state index in [4.69, 9.17) is 17.2 Å². The number of nitrogens with zero attached hydrogens (tertiary/aromatic N) is 2. The van der Waals surface area contributed by atoms with E-state index in [-0.39, 0.29) is 5.91 Å². The summed E-state index contributed by atoms with van der Waals surface area (Å²) in [6.07, 6.45) is 0.918. The zero-order chi connectivity index (χ0) is 22.8. The van der Waals surface area contributed by atoms with Gasteiger partial charge in [-0.3, -0.25) is 9.20 Å². The maximum atomic E-state index is 12.7. The van der Waals surface area contributed by atoms with E-state index in [0.29, 0.717) is 16.9 Å². The number of nitrogens with one attached hydrogen (secondary N) is 3. The topological polar surface area (TPSA) is 66.6 Å². The summed E-state index contributed by atoms with van der Waals surface area (Å²) >= 11 is 5.59. The summed E-state index contributed by atoms with van der Waals surface area (Å²) in [7, 11) is 2.18. The number of rotatable bonds is 7. The smallest absolute Gasteiger partial charge is 0.251 e. The summed E-state index contributed by atoms with van der Waals surface area (Å²) in [4.78, 5) is 22.2. The molecule has 1 atom stereocenters. The van der Waals surface area contributed by atoms with Gasteiger partial charge in [-0.1, -0.05) is 42.5 Å². The molecule has 5 aromatic rings. The van der Waals surface area contributed by atoms with Gasteiger partial charge in [0.05, 0.1) is 30.1 Å². The minimum Gasteiger partial charge on any atom is -0.352 e. The number of aromatic amines is 1. The average molecular weight is 457 g/mol. The number of imidazole rings is 1. The lowest BCUT2D eigenvalue weighted by atomic mass is 10.1. The normalized spacial score (nSPS) is 12.4. The predicted molar refractivity (Wildman–Crippen MR) is 134 cm³/mol. The molecule has 0 aliphatic heterocycles. The molecule has 0 saturated carbocycles. The molecule has 3 N–H and O–H groups in total. The Labute approximate surface area is 196 Å². The van der Waals surface area contributed by atoms with E-state index >= 15 is 0 Å². The first-order valence-electron chi connectivity index (χ1n) is 11.2. The fourth-order valence-corrected chi connectivity index (χ4v) is 4.59. The fourth-order valence-electron chi connectivity index (χ4n) is 4.29. The molecule has 2 heterocycles. The third-order valence-electron chi connectivity index (χ3n) is 5.94. The fraction of sp³-hybridized carbons (Fsp3) is 0.192. The van der Waals surface area contributed by atoms with Crippen LogP contribution in [0.25, 0.3) is 27.6 Å². The van der Waals surface area contributed by atoms with Gasteiger partial charge in [-0.25, -0.2) is 4.98 Å². The highest BCUT2D eigenvalue weighted by Gasteiger charge is 2.12. The second-order valence-electron chi connectivity index (χ2n) is 8.43. The summed E-state index contributed by atoms with van der Waals surface area (Å²) in [6.45, 7) is 2.62. The van der Waals surface area contributed by atoms with Crippen LogP contribution < -0.4 is 10.2 Å². The van der Waals surface area contributed by atoms with Gasteiger partial charge in [-0.05, 0) is 42.5 Å². The van der Waals surface area contributed by atoms with Gasteiger partial charge in [0.1, 0.15) is 12.2 Å². The molecule has 0 fully saturated rings. The summed E-state index contributed by atoms with van der Waals surface area (Å²) < 4.78 is 2.51. The second-order valence-corrected chi connectivity index (χ2v) is 8.82. The molecule has 3 aromatic carbocycles. The van der Waals surface area contributed by atoms with E-state index in [9.17, 15) is 4.79 Å². The van der Waals surface area contributed by atoms with E-state index < -0.39 is 0 Å². The number of quaternary nitrogens is 1. The third-order valence-corrected chi connectivity index (χ3v) is 6.23. The summed E-state index contributed by atoms with van der Waals surface area (Å²) in [5, 5.41) is 3.98. The highest BCUT2D eigenvalue weighted by atomic mass is 32.1. The molecule has 0 bridgehead atoms. The minimum atomic E-state index is -0.0784. The minimum absolute atomic E-state index is 0.0784. The second kappa shape index (κ2) is 9.13. The van der Waals surface area contributed by atoms with Crippen molar-refractivity contribution in [2.45, 2.75) is 13.0 Å². The van der Waals surface area contributed by atoms with Crippen LogP contribution in [0.1, 0.15) is 22.3 Å². The first-order valence-corrected chi connectivity index (χ1v) is 11.6. The lowest BCUT2D eigenvalue weighted by molar-refractivity contribution is -0.893. The van der Waals surface area contributed by atoms with Gasteiger partial charge in [0.2, 0.25) is 0 Å². The number of benzene rings is 3. The van der Waals surface area contributed by atoms with Gasteiger partial charge in [-0.2, -0.15) is 0 Å². The van der Waals surface area contributed by atoms with Crippen molar-refractivity contribution >= 4 is 45.7 Å². The lowest BCUT2D eigenvalue weighted by Crippen LogP contribution is -3.07. The summed E-state index contributed by atoms with van der Waals surface area (Å²) in [5.41, 5.74) is 5.40. The Morgan fingerprint density at radius 3 is 2.73 bits per heavy atom. The number of carbonyl (C=O) groups excluding carboxylic acids is 1. The Kier molecular flexibility index (Phi) is 5.90. The van der Waals surface area contributed by atoms with Crippen LogP contribution in [0.15, 0.2) is 72.8 Å². The Hall–Kier alpha value is -3.55. The van der Waals surface area contributed by atoms with Crippen LogP contribution in [0.5, 0.6) is 0 Å². The molecule has 0 radical (unpaired) electrons. The maximum absolute atomic E-state index is 12.7. The van der Waals surface area contributed by atoms with Crippen LogP contribution in [0.2, 0.25) is 0 Å². The molecule has 0 saturated heterocycles. The van der Waals surface area contributed by atoms with Crippen LogP contribution in [0.4, 0.5) is 0 Å². The largest absolute Gasteiger partial charge is 0.352 e. The van der Waals surface area contributed by atoms with E-state index in [1.165, 1.54) is 10.5 Å². The van der Waals surface area contributed by atoms with E-state index in [0.717, 1.165) is 47.1 Å². The molecule has 0 spiro atoms. The third kappa shape index (κ3) is 4.37. The van der Waals surface area contributed by atoms with Gasteiger partial charge in [0, 0.05) is 29.5 Å². The van der Waals surface area contributed by atoms with Gasteiger partial charge in [-0.15, -0.1) is 0 Å². The van der Waals surface area contributed by atoms with Gasteiger partial charge in [0.15, 0.2) is 4.77 Å². The summed E-state index contributed by atoms with van der Waals surface area (Å²) in [5.74, 6) is -0.0784. The predicted octanol–water partition coefficient (Wildman–Crippen LogP) is 3.53. The SMILES string of the molecule is C[NH+](CCCNC(=O)c1ccc2c(c1)[nH]c(=S)n1c3ccccc3nc21)Cc1ccccc1. The van der Waals surface area contributed by atoms with Crippen molar-refractivity contribution in [2.75, 3.05) is 20.1 Å². The summed E-state index contributed by atoms with van der Waals surface area (Å²) in [6, 6.07) is 24.0. The van der Waals surface area contributed by atoms with Gasteiger partial charge >= 0.3 is 0 Å². The molecule has 2 aromatic heterocycles. The molecule has 7 heteroatoms. The van der Waals surface area contributed by atoms with Crippen molar-refractivity contribution in [3.05, 3.63) is 88.7 Å². The van der Waals surface area contributed by atoms with Crippen molar-refractivity contribution < 1.29 is 9.69 Å². The molecule has 6 nitrogen and oxygen atoms in total. The number of fused-ring (bicyclic) bond motifs is 5. The first kappa shape index (κ1) is 21.3. The monoisotopic (exact) mass is 456 g/mol. The Morgan fingerprint density at radius 2 is 1.88 bits per heavy atom. The number of H-pyrrole nitrogens is 1. The Balaban J connectivity index is 1.27. The molecule has 166 valence electrons. The quantitative estimate of drug-likeness (QED) is 0.259. The van der Waals surface area contributed by atoms with Crippen LogP contribution in [0.3, 0.4) is 0 Å². The molecular formula is C26H26N5OS+. The standard InChI is InChI=1S/C26H25N5OS/c1-30(17-18-8-3-2-4-9-18)15-7-14-27-25(32)19-12-13-20-22(16-19)29-26(33)31-23-11-6-5-10-21(23)28-24(20)31/h2-6,8-13,16H,7,14-15,17H2,1H3,(H,27,32)(H,29,33)/p+1. The number of aromatic nitrogens is 3. The highest BCUT2D eigenvalue weighted by Crippen LogP contribution is 2.24. The van der Waals surface area contributed by atoms with Crippen molar-refractivity contribution in [3.63, 3.8) is 0 Å².